The summed E-state index contributed by atoms with van der Waals surface area (Å²) in [5.74, 6) is 5.27. The molecule has 0 saturated carbocycles. The quantitative estimate of drug-likeness (QED) is 0.0503. The Hall–Kier alpha value is -5.40. The van der Waals surface area contributed by atoms with Crippen molar-refractivity contribution in [3.63, 3.8) is 0 Å². The number of amides is 2. The first kappa shape index (κ1) is 93.0. The molecule has 0 N–H and O–H groups in total. The fourth-order valence-corrected chi connectivity index (χ4v) is 13.5. The summed E-state index contributed by atoms with van der Waals surface area (Å²) < 4.78 is 62.4. The van der Waals surface area contributed by atoms with Crippen LogP contribution in [0.25, 0.3) is 0 Å². The molecule has 14 heteroatoms. The minimum atomic E-state index is -0.504. The second-order valence-corrected chi connectivity index (χ2v) is 30.3. The molecule has 0 aliphatic carbocycles. The molecule has 0 spiro atoms. The van der Waals surface area contributed by atoms with Crippen molar-refractivity contribution >= 4 is 23.2 Å². The van der Waals surface area contributed by atoms with Crippen molar-refractivity contribution in [2.45, 2.75) is 409 Å². The Morgan fingerprint density at radius 3 is 0.623 bits per heavy atom. The molecule has 0 saturated heterocycles. The van der Waals surface area contributed by atoms with E-state index in [1.54, 1.807) is 0 Å². The van der Waals surface area contributed by atoms with E-state index in [1.807, 2.05) is 36.4 Å². The molecule has 3 aromatic rings. The molecule has 0 atom stereocenters. The van der Waals surface area contributed by atoms with Crippen LogP contribution in [0.3, 0.4) is 0 Å². The van der Waals surface area contributed by atoms with E-state index in [4.69, 9.17) is 53.2 Å². The molecular formula is C92H159N4O10. The molecule has 3 aromatic carbocycles. The van der Waals surface area contributed by atoms with E-state index in [9.17, 15) is 0 Å². The van der Waals surface area contributed by atoms with Gasteiger partial charge in [0.1, 0.15) is 0 Å². The summed E-state index contributed by atoms with van der Waals surface area (Å²) in [6.45, 7) is 24.9. The van der Waals surface area contributed by atoms with Gasteiger partial charge in [0, 0.05) is 29.8 Å². The van der Waals surface area contributed by atoms with Crippen LogP contribution in [-0.4, -0.2) is 71.3 Å². The maximum absolute atomic E-state index is 16.4. The van der Waals surface area contributed by atoms with Gasteiger partial charge >= 0.3 is 6.03 Å². The molecule has 4 rings (SSSR count). The van der Waals surface area contributed by atoms with Crippen molar-refractivity contribution in [3.05, 3.63) is 42.0 Å². The molecule has 14 nitrogen and oxygen atoms in total. The van der Waals surface area contributed by atoms with Crippen molar-refractivity contribution in [1.29, 1.82) is 0 Å². The van der Waals surface area contributed by atoms with Crippen LogP contribution in [0.5, 0.6) is 51.7 Å². The van der Waals surface area contributed by atoms with E-state index in [0.717, 1.165) is 154 Å². The number of carbonyl (C=O) groups is 1. The zero-order valence-electron chi connectivity index (χ0n) is 69.9. The van der Waals surface area contributed by atoms with E-state index in [0.29, 0.717) is 128 Å². The highest BCUT2D eigenvalue weighted by molar-refractivity contribution is 6.13. The zero-order valence-corrected chi connectivity index (χ0v) is 69.9. The molecule has 0 unspecified atom stereocenters. The number of anilines is 2. The molecule has 1 heterocycles. The van der Waals surface area contributed by atoms with Crippen molar-refractivity contribution in [1.82, 2.24) is 5.43 Å². The van der Waals surface area contributed by atoms with E-state index < -0.39 is 6.03 Å². The molecule has 0 aromatic heterocycles. The molecule has 607 valence electrons. The van der Waals surface area contributed by atoms with E-state index >= 15 is 4.79 Å². The molecule has 106 heavy (non-hydrogen) atoms. The number of unbranched alkanes of at least 4 members (excludes halogenated alkanes) is 45. The summed E-state index contributed by atoms with van der Waals surface area (Å²) in [7, 11) is 0. The Bertz CT molecular complexity index is 2520. The van der Waals surface area contributed by atoms with Gasteiger partial charge in [-0.15, -0.1) is 10.5 Å². The van der Waals surface area contributed by atoms with Crippen LogP contribution in [0.1, 0.15) is 415 Å². The highest BCUT2D eigenvalue weighted by Crippen LogP contribution is 2.47. The Kier molecular flexibility index (Phi) is 56.5. The number of amidine groups is 1. The number of carbonyl (C=O) groups excluding carboxylic acids is 1. The zero-order chi connectivity index (χ0) is 75.8. The first-order chi connectivity index (χ1) is 52.3. The van der Waals surface area contributed by atoms with Crippen molar-refractivity contribution in [2.24, 2.45) is 5.10 Å². The van der Waals surface area contributed by atoms with Crippen LogP contribution < -0.4 is 58.1 Å². The topological polar surface area (TPSA) is 133 Å². The first-order valence-electron chi connectivity index (χ1n) is 45.0. The van der Waals surface area contributed by atoms with Gasteiger partial charge in [-0.3, -0.25) is 0 Å². The fraction of sp³-hybridized carbons (Fsp3) is 0.783. The number of hydrazone groups is 1. The van der Waals surface area contributed by atoms with Crippen LogP contribution in [-0.2, 0) is 0 Å². The van der Waals surface area contributed by atoms with Gasteiger partial charge in [0.05, 0.1) is 70.8 Å². The standard InChI is InChI=1S/C92H159N4O10/c1-10-19-28-37-46-55-64-98-82-73-79(74-83(99-65-56-47-38-29-20-11-2)88(82)104-70-61-52-43-34-25-16-7)91-93-95(80-75-84(100-66-57-48-39-30-21-12-3)89(105-71-62-53-44-35-26-17-8)85(76-80)101-67-58-49-40-31-22-13-4)92(97)96(94-91)81-77-86(102-68-59-50-41-32-23-14-5)90(106-72-63-54-45-36-27-18-9)87(78-81)103-69-60-51-42-33-24-15-6/h73-78H,10-72H2,1-9H3. The third-order valence-corrected chi connectivity index (χ3v) is 20.3. The number of ether oxygens (including phenoxy) is 9. The summed E-state index contributed by atoms with van der Waals surface area (Å²) in [5.41, 5.74) is 6.93. The summed E-state index contributed by atoms with van der Waals surface area (Å²) in [5, 5.41) is 8.35. The number of hydrogen-bond acceptors (Lipinski definition) is 11. The van der Waals surface area contributed by atoms with Crippen LogP contribution in [0.15, 0.2) is 41.5 Å². The molecule has 1 aliphatic heterocycles. The molecular weight excluding hydrogens is 1320 g/mol. The molecule has 0 fully saturated rings. The van der Waals surface area contributed by atoms with Crippen molar-refractivity contribution in [3.8, 4) is 51.7 Å². The maximum atomic E-state index is 16.4. The number of urea groups is 1. The maximum Gasteiger partial charge on any atom is 0.370 e. The number of rotatable bonds is 75. The van der Waals surface area contributed by atoms with Gasteiger partial charge in [-0.25, -0.2) is 4.79 Å². The third kappa shape index (κ3) is 40.9. The SMILES string of the molecule is CCCCCCCCOc1cc(C2=NN(c3cc(OCCCCCCCC)c(OCCCCCCCC)c(OCCCCCCCC)c3)C(=O)N(c3cc(OCCCCCCCC)c(OCCCCCCCC)c(OCCCCCCCC)c3)[N]2)cc(OCCCCCCCC)c1OCCCCCCCC. The molecule has 1 aliphatic rings. The molecule has 1 radical (unpaired) electrons. The summed E-state index contributed by atoms with van der Waals surface area (Å²) >= 11 is 0. The Labute approximate surface area is 650 Å². The number of hydrogen-bond donors (Lipinski definition) is 0. The van der Waals surface area contributed by atoms with Gasteiger partial charge in [-0.1, -0.05) is 351 Å². The lowest BCUT2D eigenvalue weighted by Gasteiger charge is -2.33. The minimum Gasteiger partial charge on any atom is -0.490 e. The first-order valence-corrected chi connectivity index (χ1v) is 45.0. The summed E-state index contributed by atoms with van der Waals surface area (Å²) in [6.07, 6.45) is 60.9. The van der Waals surface area contributed by atoms with Crippen LogP contribution in [0.2, 0.25) is 0 Å². The summed E-state index contributed by atoms with van der Waals surface area (Å²) in [4.78, 5) is 16.4. The van der Waals surface area contributed by atoms with E-state index in [1.165, 1.54) is 203 Å². The third-order valence-electron chi connectivity index (χ3n) is 20.3. The highest BCUT2D eigenvalue weighted by Gasteiger charge is 2.37. The smallest absolute Gasteiger partial charge is 0.370 e. The Balaban J connectivity index is 2.10. The number of benzene rings is 3. The summed E-state index contributed by atoms with van der Waals surface area (Å²) in [6, 6.07) is 11.2. The van der Waals surface area contributed by atoms with Crippen molar-refractivity contribution in [2.75, 3.05) is 69.5 Å². The molecule has 2 amide bonds. The predicted octanol–water partition coefficient (Wildman–Crippen LogP) is 28.7. The van der Waals surface area contributed by atoms with E-state index in [2.05, 4.69) is 62.3 Å². The highest BCUT2D eigenvalue weighted by atomic mass is 16.6. The largest absolute Gasteiger partial charge is 0.490 e. The van der Waals surface area contributed by atoms with Gasteiger partial charge in [0.2, 0.25) is 23.1 Å². The normalized spacial score (nSPS) is 12.2. The number of nitrogens with zero attached hydrogens (tertiary/aromatic N) is 4. The average molecular weight is 1480 g/mol. The lowest BCUT2D eigenvalue weighted by atomic mass is 10.1. The monoisotopic (exact) mass is 1480 g/mol. The van der Waals surface area contributed by atoms with Crippen molar-refractivity contribution < 1.29 is 47.4 Å². The minimum absolute atomic E-state index is 0.274. The average Bonchev–Trinajstić information content (AvgIpc) is 0.757. The Morgan fingerprint density at radius 1 is 0.226 bits per heavy atom. The van der Waals surface area contributed by atoms with Crippen LogP contribution in [0, 0.1) is 0 Å². The van der Waals surface area contributed by atoms with Gasteiger partial charge < -0.3 is 42.6 Å². The van der Waals surface area contributed by atoms with Crippen LogP contribution >= 0.6 is 0 Å². The van der Waals surface area contributed by atoms with E-state index in [-0.39, 0.29) is 5.84 Å². The lowest BCUT2D eigenvalue weighted by Crippen LogP contribution is -2.52. The van der Waals surface area contributed by atoms with Gasteiger partial charge in [0.15, 0.2) is 34.5 Å². The second-order valence-electron chi connectivity index (χ2n) is 30.3. The van der Waals surface area contributed by atoms with Gasteiger partial charge in [-0.2, -0.15) is 10.0 Å². The van der Waals surface area contributed by atoms with Gasteiger partial charge in [0.25, 0.3) is 0 Å². The molecule has 0 bridgehead atoms. The Morgan fingerprint density at radius 2 is 0.406 bits per heavy atom. The van der Waals surface area contributed by atoms with Crippen LogP contribution in [0.4, 0.5) is 16.2 Å². The lowest BCUT2D eigenvalue weighted by molar-refractivity contribution is 0.233. The fourth-order valence-electron chi connectivity index (χ4n) is 13.5. The van der Waals surface area contributed by atoms with Gasteiger partial charge in [-0.05, 0) is 69.9 Å². The second kappa shape index (κ2) is 64.4. The predicted molar refractivity (Wildman–Crippen MR) is 448 cm³/mol.